The van der Waals surface area contributed by atoms with Crippen molar-refractivity contribution in [2.75, 3.05) is 25.6 Å². The van der Waals surface area contributed by atoms with E-state index < -0.39 is 93.9 Å². The molecule has 424 valence electrons. The predicted molar refractivity (Wildman–Crippen MR) is 298 cm³/mol. The molecule has 0 bridgehead atoms. The molecule has 0 aliphatic carbocycles. The monoisotopic (exact) mass is 1110 g/mol. The Morgan fingerprint density at radius 1 is 0.637 bits per heavy atom. The van der Waals surface area contributed by atoms with Gasteiger partial charge in [0.25, 0.3) is 0 Å². The maximum atomic E-state index is 14.5. The van der Waals surface area contributed by atoms with E-state index in [1.54, 1.807) is 31.4 Å². The lowest BCUT2D eigenvalue weighted by molar-refractivity contribution is -0.391. The molecule has 17 heteroatoms. The summed E-state index contributed by atoms with van der Waals surface area (Å²) in [5.41, 5.74) is 3.73. The molecule has 80 heavy (non-hydrogen) atoms. The van der Waals surface area contributed by atoms with Crippen molar-refractivity contribution in [1.29, 1.82) is 0 Å². The summed E-state index contributed by atoms with van der Waals surface area (Å²) in [6.07, 6.45) is -13.4. The molecule has 6 aromatic rings. The first kappa shape index (κ1) is 58.3. The van der Waals surface area contributed by atoms with Gasteiger partial charge in [0.15, 0.2) is 39.4 Å². The van der Waals surface area contributed by atoms with Crippen LogP contribution in [0.1, 0.15) is 66.6 Å². The molecule has 15 nitrogen and oxygen atoms in total. The van der Waals surface area contributed by atoms with E-state index in [1.807, 2.05) is 121 Å². The fourth-order valence-electron chi connectivity index (χ4n) is 9.70. The van der Waals surface area contributed by atoms with Gasteiger partial charge in [-0.25, -0.2) is 14.0 Å². The first-order valence-corrected chi connectivity index (χ1v) is 30.0. The van der Waals surface area contributed by atoms with E-state index in [-0.39, 0.29) is 49.7 Å². The highest BCUT2D eigenvalue weighted by Crippen LogP contribution is 2.46. The van der Waals surface area contributed by atoms with Gasteiger partial charge in [-0.2, -0.15) is 0 Å². The molecule has 1 N–H and O–H groups in total. The van der Waals surface area contributed by atoms with Crippen molar-refractivity contribution < 1.29 is 70.5 Å². The molecule has 6 aromatic carbocycles. The van der Waals surface area contributed by atoms with E-state index in [4.69, 9.17) is 56.5 Å². The highest BCUT2D eigenvalue weighted by molar-refractivity contribution is 6.74. The van der Waals surface area contributed by atoms with Gasteiger partial charge < -0.3 is 56.5 Å². The van der Waals surface area contributed by atoms with Gasteiger partial charge in [-0.1, -0.05) is 149 Å². The SMILES string of the molecule is COc1ccc(CO[C@H]2[C@H](O[C@H]3[C@H](OCc4ccccc4)[C@@H](OC(=O)c4ccccc4)[C@H](OCc4ccccc4)O[C@@H]3CO[Si](C)(C)C(C)(C)C(C)C)O[C@@H]3CO[C@H](c4ccccc4)O[C@@H]3[C@@H]2OC(=O)Nc2ccc(F)cc2)cc1. The number of hydrogen-bond acceptors (Lipinski definition) is 14. The Hall–Kier alpha value is -6.35. The normalized spacial score (nSPS) is 25.0. The average Bonchev–Trinajstić information content (AvgIpc) is 3.58. The smallest absolute Gasteiger partial charge is 0.412 e. The quantitative estimate of drug-likeness (QED) is 0.0506. The standard InChI is InChI=1S/C63H72FNO14Si/c1-41(2)63(3,4)80(6,7)73-40-51-52(54(69-36-42-20-12-8-13-21-42)57(76-58(66)45-24-16-10-17-25-45)60(74-51)71-38-43-22-14-9-15-23-43)78-61-56(70-37-44-28-34-49(68-5)35-29-44)55(79-62(67)65-48-32-30-47(64)31-33-48)53-50(75-61)39-72-59(77-53)46-26-18-11-19-27-46/h8-35,41,50-57,59-61H,36-40H2,1-7H3,(H,65,67)/t50-,51-,52-,53+,54+,55+,56-,57-,59+,60-,61+/m1/s1. The van der Waals surface area contributed by atoms with Crippen molar-refractivity contribution in [3.8, 4) is 5.75 Å². The largest absolute Gasteiger partial charge is 0.497 e. The van der Waals surface area contributed by atoms with Gasteiger partial charge >= 0.3 is 12.1 Å². The number of halogens is 1. The molecule has 0 unspecified atom stereocenters. The maximum Gasteiger partial charge on any atom is 0.412 e. The third-order valence-electron chi connectivity index (χ3n) is 15.6. The summed E-state index contributed by atoms with van der Waals surface area (Å²) >= 11 is 0. The zero-order valence-electron chi connectivity index (χ0n) is 46.2. The number of hydrogen-bond donors (Lipinski definition) is 1. The van der Waals surface area contributed by atoms with Gasteiger partial charge in [-0.05, 0) is 89.3 Å². The second-order valence-electron chi connectivity index (χ2n) is 21.5. The number of amides is 1. The second-order valence-corrected chi connectivity index (χ2v) is 26.1. The van der Waals surface area contributed by atoms with Crippen LogP contribution in [0.2, 0.25) is 18.1 Å². The molecule has 9 rings (SSSR count). The van der Waals surface area contributed by atoms with Gasteiger partial charge in [-0.3, -0.25) is 5.32 Å². The van der Waals surface area contributed by atoms with Crippen molar-refractivity contribution in [3.05, 3.63) is 203 Å². The number of fused-ring (bicyclic) bond motifs is 1. The zero-order chi connectivity index (χ0) is 56.2. The van der Waals surface area contributed by atoms with Crippen LogP contribution < -0.4 is 10.1 Å². The van der Waals surface area contributed by atoms with E-state index in [1.165, 1.54) is 24.3 Å². The highest BCUT2D eigenvalue weighted by atomic mass is 28.4. The van der Waals surface area contributed by atoms with Crippen LogP contribution >= 0.6 is 0 Å². The Balaban J connectivity index is 1.15. The molecule has 3 aliphatic rings. The van der Waals surface area contributed by atoms with Crippen LogP contribution in [0.3, 0.4) is 0 Å². The Labute approximate surface area is 468 Å². The molecule has 3 heterocycles. The van der Waals surface area contributed by atoms with Gasteiger partial charge in [0.05, 0.1) is 45.7 Å². The Morgan fingerprint density at radius 3 is 1.82 bits per heavy atom. The molecule has 0 saturated carbocycles. The van der Waals surface area contributed by atoms with Gasteiger partial charge in [0.1, 0.15) is 48.2 Å². The average molecular weight is 1110 g/mol. The second kappa shape index (κ2) is 26.9. The molecule has 3 aliphatic heterocycles. The molecule has 0 radical (unpaired) electrons. The van der Waals surface area contributed by atoms with E-state index in [0.717, 1.165) is 22.3 Å². The van der Waals surface area contributed by atoms with E-state index in [0.29, 0.717) is 11.3 Å². The summed E-state index contributed by atoms with van der Waals surface area (Å²) in [6.45, 7) is 13.3. The van der Waals surface area contributed by atoms with Crippen molar-refractivity contribution in [3.63, 3.8) is 0 Å². The summed E-state index contributed by atoms with van der Waals surface area (Å²) in [5.74, 6) is -0.222. The summed E-state index contributed by atoms with van der Waals surface area (Å²) in [4.78, 5) is 28.7. The molecular weight excluding hydrogens is 1040 g/mol. The summed E-state index contributed by atoms with van der Waals surface area (Å²) in [7, 11) is -1.03. The van der Waals surface area contributed by atoms with Crippen LogP contribution in [0.15, 0.2) is 170 Å². The third kappa shape index (κ3) is 14.6. The number of anilines is 1. The molecule has 1 amide bonds. The number of benzene rings is 6. The van der Waals surface area contributed by atoms with Crippen molar-refractivity contribution in [1.82, 2.24) is 0 Å². The number of rotatable bonds is 22. The molecule has 0 spiro atoms. The lowest BCUT2D eigenvalue weighted by atomic mass is 9.95. The number of nitrogens with one attached hydrogen (secondary N) is 1. The number of ether oxygens (including phenoxy) is 11. The Bertz CT molecular complexity index is 2870. The lowest BCUT2D eigenvalue weighted by Crippen LogP contribution is -2.68. The fraction of sp³-hybridized carbons (Fsp3) is 0.397. The van der Waals surface area contributed by atoms with E-state index in [2.05, 4.69) is 46.1 Å². The Kier molecular flexibility index (Phi) is 19.6. The topological polar surface area (TPSA) is 157 Å². The predicted octanol–water partition coefficient (Wildman–Crippen LogP) is 12.0. The van der Waals surface area contributed by atoms with Crippen molar-refractivity contribution >= 4 is 26.1 Å². The minimum Gasteiger partial charge on any atom is -0.497 e. The molecular formula is C63H72FNO14Si. The highest BCUT2D eigenvalue weighted by Gasteiger charge is 2.58. The summed E-state index contributed by atoms with van der Waals surface area (Å²) < 4.78 is 95.1. The van der Waals surface area contributed by atoms with Crippen LogP contribution in [0.4, 0.5) is 14.9 Å². The van der Waals surface area contributed by atoms with Gasteiger partial charge in [-0.15, -0.1) is 0 Å². The Morgan fingerprint density at radius 2 is 1.21 bits per heavy atom. The number of carbonyl (C=O) groups is 2. The van der Waals surface area contributed by atoms with Crippen LogP contribution in [-0.4, -0.2) is 102 Å². The van der Waals surface area contributed by atoms with Crippen LogP contribution in [-0.2, 0) is 71.6 Å². The van der Waals surface area contributed by atoms with Gasteiger partial charge in [0.2, 0.25) is 0 Å². The molecule has 3 fully saturated rings. The third-order valence-corrected chi connectivity index (χ3v) is 20.1. The van der Waals surface area contributed by atoms with Crippen molar-refractivity contribution in [2.45, 2.75) is 133 Å². The van der Waals surface area contributed by atoms with Crippen molar-refractivity contribution in [2.24, 2.45) is 5.92 Å². The molecule has 0 aromatic heterocycles. The number of methoxy groups -OCH3 is 1. The first-order chi connectivity index (χ1) is 38.6. The molecule has 11 atom stereocenters. The minimum absolute atomic E-state index is 0.00306. The van der Waals surface area contributed by atoms with Gasteiger partial charge in [0, 0.05) is 11.3 Å². The molecule has 3 saturated heterocycles. The fourth-order valence-corrected chi connectivity index (χ4v) is 12.0. The lowest BCUT2D eigenvalue weighted by Gasteiger charge is -2.51. The zero-order valence-corrected chi connectivity index (χ0v) is 47.2. The summed E-state index contributed by atoms with van der Waals surface area (Å²) in [6, 6.07) is 49.9. The van der Waals surface area contributed by atoms with Crippen LogP contribution in [0.5, 0.6) is 5.75 Å². The van der Waals surface area contributed by atoms with Crippen LogP contribution in [0, 0.1) is 11.7 Å². The maximum absolute atomic E-state index is 14.5. The van der Waals surface area contributed by atoms with E-state index in [9.17, 15) is 14.0 Å². The minimum atomic E-state index is -2.61. The summed E-state index contributed by atoms with van der Waals surface area (Å²) in [5, 5.41) is 2.53. The van der Waals surface area contributed by atoms with Crippen LogP contribution in [0.25, 0.3) is 0 Å². The van der Waals surface area contributed by atoms with E-state index >= 15 is 0 Å². The number of carbonyl (C=O) groups excluding carboxylic acids is 2. The number of esters is 1. The first-order valence-electron chi connectivity index (χ1n) is 27.1.